The number of hydrogen-bond acceptors (Lipinski definition) is 2. The fourth-order valence-corrected chi connectivity index (χ4v) is 2.45. The van der Waals surface area contributed by atoms with E-state index in [-0.39, 0.29) is 0 Å². The number of nitrogen functional groups attached to an aromatic ring is 1. The van der Waals surface area contributed by atoms with Gasteiger partial charge in [0.1, 0.15) is 0 Å². The summed E-state index contributed by atoms with van der Waals surface area (Å²) in [6.07, 6.45) is 3.65. The fraction of sp³-hybridized carbons (Fsp3) is 0. The molecule has 0 saturated carbocycles. The van der Waals surface area contributed by atoms with Crippen LogP contribution in [0.15, 0.2) is 54.9 Å². The van der Waals surface area contributed by atoms with Gasteiger partial charge in [-0.15, -0.1) is 0 Å². The topological polar surface area (TPSA) is 43.8 Å². The average molecular weight is 304 g/mol. The van der Waals surface area contributed by atoms with E-state index in [0.717, 1.165) is 16.8 Å². The van der Waals surface area contributed by atoms with Gasteiger partial charge >= 0.3 is 0 Å². The molecular formula is C15H11Cl2N3. The van der Waals surface area contributed by atoms with Crippen LogP contribution in [0.1, 0.15) is 0 Å². The van der Waals surface area contributed by atoms with Crippen LogP contribution in [-0.2, 0) is 0 Å². The van der Waals surface area contributed by atoms with Crippen LogP contribution in [0, 0.1) is 0 Å². The molecule has 0 aliphatic carbocycles. The van der Waals surface area contributed by atoms with Gasteiger partial charge in [-0.25, -0.2) is 4.68 Å². The first-order chi connectivity index (χ1) is 9.65. The molecule has 0 aliphatic rings. The van der Waals surface area contributed by atoms with E-state index in [1.165, 1.54) is 0 Å². The third-order valence-electron chi connectivity index (χ3n) is 3.00. The third kappa shape index (κ3) is 2.38. The molecule has 0 bridgehead atoms. The predicted octanol–water partition coefficient (Wildman–Crippen LogP) is 4.43. The van der Waals surface area contributed by atoms with Crippen LogP contribution >= 0.6 is 23.2 Å². The van der Waals surface area contributed by atoms with Crippen LogP contribution in [0.25, 0.3) is 16.8 Å². The van der Waals surface area contributed by atoms with Crippen molar-refractivity contribution in [2.24, 2.45) is 0 Å². The van der Waals surface area contributed by atoms with Gasteiger partial charge in [0.25, 0.3) is 0 Å². The molecule has 0 saturated heterocycles. The van der Waals surface area contributed by atoms with Gasteiger partial charge in [0, 0.05) is 27.4 Å². The van der Waals surface area contributed by atoms with Crippen molar-refractivity contribution in [2.75, 3.05) is 5.73 Å². The molecule has 2 aromatic carbocycles. The summed E-state index contributed by atoms with van der Waals surface area (Å²) in [5, 5.41) is 5.62. The second kappa shape index (κ2) is 5.19. The summed E-state index contributed by atoms with van der Waals surface area (Å²) < 4.78 is 1.71. The molecule has 3 rings (SSSR count). The summed E-state index contributed by atoms with van der Waals surface area (Å²) in [7, 11) is 0. The molecule has 2 N–H and O–H groups in total. The molecule has 0 atom stereocenters. The molecule has 0 spiro atoms. The van der Waals surface area contributed by atoms with Crippen LogP contribution in [-0.4, -0.2) is 9.78 Å². The van der Waals surface area contributed by atoms with Crippen LogP contribution < -0.4 is 5.73 Å². The number of nitrogens with two attached hydrogens (primary N) is 1. The van der Waals surface area contributed by atoms with Crippen LogP contribution in [0.4, 0.5) is 5.69 Å². The number of anilines is 1. The molecule has 20 heavy (non-hydrogen) atoms. The summed E-state index contributed by atoms with van der Waals surface area (Å²) in [6.45, 7) is 0. The second-order valence-corrected chi connectivity index (χ2v) is 5.20. The van der Waals surface area contributed by atoms with Crippen molar-refractivity contribution in [3.63, 3.8) is 0 Å². The Hall–Kier alpha value is -1.97. The maximum Gasteiger partial charge on any atom is 0.0876 e. The third-order valence-corrected chi connectivity index (χ3v) is 3.57. The first-order valence-electron chi connectivity index (χ1n) is 6.00. The van der Waals surface area contributed by atoms with Gasteiger partial charge in [0.05, 0.1) is 17.6 Å². The molecule has 1 heterocycles. The lowest BCUT2D eigenvalue weighted by atomic mass is 10.1. The number of halogens is 2. The van der Waals surface area contributed by atoms with Crippen molar-refractivity contribution < 1.29 is 0 Å². The molecule has 0 fully saturated rings. The highest BCUT2D eigenvalue weighted by Crippen LogP contribution is 2.29. The Morgan fingerprint density at radius 2 is 1.85 bits per heavy atom. The maximum absolute atomic E-state index is 6.19. The standard InChI is InChI=1S/C15H11Cl2N3/c16-11-5-6-15(14(18)7-11)20-9-10(8-19-20)12-3-1-2-4-13(12)17/h1-9H,18H2. The van der Waals surface area contributed by atoms with Crippen molar-refractivity contribution in [3.05, 3.63) is 64.9 Å². The minimum Gasteiger partial charge on any atom is -0.397 e. The monoisotopic (exact) mass is 303 g/mol. The summed E-state index contributed by atoms with van der Waals surface area (Å²) in [5.74, 6) is 0. The summed E-state index contributed by atoms with van der Waals surface area (Å²) in [4.78, 5) is 0. The molecular weight excluding hydrogens is 293 g/mol. The molecule has 3 aromatic rings. The van der Waals surface area contributed by atoms with Gasteiger partial charge in [-0.3, -0.25) is 0 Å². The SMILES string of the molecule is Nc1cc(Cl)ccc1-n1cc(-c2ccccc2Cl)cn1. The Labute approximate surface area is 126 Å². The smallest absolute Gasteiger partial charge is 0.0876 e. The minimum atomic E-state index is 0.575. The first-order valence-corrected chi connectivity index (χ1v) is 6.76. The van der Waals surface area contributed by atoms with Gasteiger partial charge < -0.3 is 5.73 Å². The number of hydrogen-bond donors (Lipinski definition) is 1. The van der Waals surface area contributed by atoms with Crippen molar-refractivity contribution in [3.8, 4) is 16.8 Å². The van der Waals surface area contributed by atoms with Gasteiger partial charge in [0.2, 0.25) is 0 Å². The molecule has 3 nitrogen and oxygen atoms in total. The zero-order chi connectivity index (χ0) is 14.1. The predicted molar refractivity (Wildman–Crippen MR) is 83.4 cm³/mol. The molecule has 100 valence electrons. The van der Waals surface area contributed by atoms with E-state index in [2.05, 4.69) is 5.10 Å². The first kappa shape index (κ1) is 13.0. The van der Waals surface area contributed by atoms with Crippen molar-refractivity contribution in [1.82, 2.24) is 9.78 Å². The zero-order valence-electron chi connectivity index (χ0n) is 10.4. The van der Waals surface area contributed by atoms with Gasteiger partial charge in [-0.05, 0) is 24.3 Å². The summed E-state index contributed by atoms with van der Waals surface area (Å²) >= 11 is 12.1. The molecule has 5 heteroatoms. The van der Waals surface area contributed by atoms with Gasteiger partial charge in [-0.1, -0.05) is 41.4 Å². The van der Waals surface area contributed by atoms with Crippen LogP contribution in [0.5, 0.6) is 0 Å². The van der Waals surface area contributed by atoms with Crippen molar-refractivity contribution in [2.45, 2.75) is 0 Å². The summed E-state index contributed by atoms with van der Waals surface area (Å²) in [6, 6.07) is 13.0. The lowest BCUT2D eigenvalue weighted by Crippen LogP contribution is -1.99. The lowest BCUT2D eigenvalue weighted by Gasteiger charge is -2.05. The lowest BCUT2D eigenvalue weighted by molar-refractivity contribution is 0.883. The Morgan fingerprint density at radius 3 is 2.60 bits per heavy atom. The van der Waals surface area contributed by atoms with E-state index in [1.54, 1.807) is 23.0 Å². The van der Waals surface area contributed by atoms with Gasteiger partial charge in [0.15, 0.2) is 0 Å². The Morgan fingerprint density at radius 1 is 1.05 bits per heavy atom. The van der Waals surface area contributed by atoms with Crippen LogP contribution in [0.3, 0.4) is 0 Å². The maximum atomic E-state index is 6.19. The van der Waals surface area contributed by atoms with E-state index >= 15 is 0 Å². The van der Waals surface area contributed by atoms with E-state index in [9.17, 15) is 0 Å². The van der Waals surface area contributed by atoms with Crippen molar-refractivity contribution in [1.29, 1.82) is 0 Å². The molecule has 0 amide bonds. The number of rotatable bonds is 2. The Balaban J connectivity index is 2.04. The quantitative estimate of drug-likeness (QED) is 0.712. The molecule has 1 aromatic heterocycles. The van der Waals surface area contributed by atoms with Crippen molar-refractivity contribution >= 4 is 28.9 Å². The van der Waals surface area contributed by atoms with Crippen LogP contribution in [0.2, 0.25) is 10.0 Å². The second-order valence-electron chi connectivity index (χ2n) is 4.36. The van der Waals surface area contributed by atoms with E-state index in [1.807, 2.05) is 36.5 Å². The highest BCUT2D eigenvalue weighted by molar-refractivity contribution is 6.33. The fourth-order valence-electron chi connectivity index (χ4n) is 2.02. The largest absolute Gasteiger partial charge is 0.397 e. The molecule has 0 unspecified atom stereocenters. The Bertz CT molecular complexity index is 765. The minimum absolute atomic E-state index is 0.575. The Kier molecular flexibility index (Phi) is 3.38. The summed E-state index contributed by atoms with van der Waals surface area (Å²) in [5.41, 5.74) is 9.19. The van der Waals surface area contributed by atoms with E-state index in [0.29, 0.717) is 15.7 Å². The zero-order valence-corrected chi connectivity index (χ0v) is 11.9. The van der Waals surface area contributed by atoms with Gasteiger partial charge in [-0.2, -0.15) is 5.10 Å². The number of aromatic nitrogens is 2. The van der Waals surface area contributed by atoms with E-state index in [4.69, 9.17) is 28.9 Å². The highest BCUT2D eigenvalue weighted by Gasteiger charge is 2.08. The molecule has 0 radical (unpaired) electrons. The highest BCUT2D eigenvalue weighted by atomic mass is 35.5. The van der Waals surface area contributed by atoms with E-state index < -0.39 is 0 Å². The normalized spacial score (nSPS) is 10.7. The molecule has 0 aliphatic heterocycles. The number of nitrogens with zero attached hydrogens (tertiary/aromatic N) is 2. The average Bonchev–Trinajstić information content (AvgIpc) is 2.88. The number of benzene rings is 2.